The molecule has 1 heterocycles. The Hall–Kier alpha value is -0.960. The molecule has 0 bridgehead atoms. The first-order valence-electron chi connectivity index (χ1n) is 5.52. The van der Waals surface area contributed by atoms with Crippen LogP contribution in [0.1, 0.15) is 35.2 Å². The van der Waals surface area contributed by atoms with Gasteiger partial charge in [-0.05, 0) is 26.3 Å². The Bertz CT molecular complexity index is 354. The molecule has 0 saturated carbocycles. The standard InChI is InChI=1S/C12H18ClNO2/c1-4-6-14(7-5-13)12(15)11-8-9(2)16-10(11)3/h8H,4-7H2,1-3H3. The largest absolute Gasteiger partial charge is 0.466 e. The minimum Gasteiger partial charge on any atom is -0.466 e. The fourth-order valence-electron chi connectivity index (χ4n) is 1.70. The van der Waals surface area contributed by atoms with E-state index in [1.54, 1.807) is 11.0 Å². The number of furan rings is 1. The van der Waals surface area contributed by atoms with E-state index in [9.17, 15) is 4.79 Å². The summed E-state index contributed by atoms with van der Waals surface area (Å²) in [5.41, 5.74) is 0.649. The van der Waals surface area contributed by atoms with Crippen LogP contribution < -0.4 is 0 Å². The lowest BCUT2D eigenvalue weighted by atomic mass is 10.2. The minimum atomic E-state index is 0.0110. The van der Waals surface area contributed by atoms with E-state index in [1.165, 1.54) is 0 Å². The van der Waals surface area contributed by atoms with E-state index in [0.29, 0.717) is 23.7 Å². The number of nitrogens with zero attached hydrogens (tertiary/aromatic N) is 1. The highest BCUT2D eigenvalue weighted by atomic mass is 35.5. The van der Waals surface area contributed by atoms with Crippen molar-refractivity contribution < 1.29 is 9.21 Å². The summed E-state index contributed by atoms with van der Waals surface area (Å²) in [5, 5.41) is 0. The predicted molar refractivity (Wildman–Crippen MR) is 65.1 cm³/mol. The molecule has 0 N–H and O–H groups in total. The van der Waals surface area contributed by atoms with Crippen LogP contribution in [0.15, 0.2) is 10.5 Å². The third kappa shape index (κ3) is 3.01. The molecular formula is C12H18ClNO2. The monoisotopic (exact) mass is 243 g/mol. The van der Waals surface area contributed by atoms with E-state index in [4.69, 9.17) is 16.0 Å². The Morgan fingerprint density at radius 1 is 1.44 bits per heavy atom. The van der Waals surface area contributed by atoms with E-state index >= 15 is 0 Å². The van der Waals surface area contributed by atoms with E-state index in [2.05, 4.69) is 0 Å². The van der Waals surface area contributed by atoms with Crippen molar-refractivity contribution in [2.45, 2.75) is 27.2 Å². The number of aryl methyl sites for hydroxylation is 2. The van der Waals surface area contributed by atoms with Gasteiger partial charge in [-0.15, -0.1) is 11.6 Å². The first kappa shape index (κ1) is 13.1. The summed E-state index contributed by atoms with van der Waals surface area (Å²) in [7, 11) is 0. The molecule has 3 nitrogen and oxygen atoms in total. The summed E-state index contributed by atoms with van der Waals surface area (Å²) >= 11 is 5.69. The number of rotatable bonds is 5. The SMILES string of the molecule is CCCN(CCCl)C(=O)c1cc(C)oc1C. The average molecular weight is 244 g/mol. The molecule has 1 amide bonds. The van der Waals surface area contributed by atoms with Gasteiger partial charge in [-0.1, -0.05) is 6.92 Å². The Morgan fingerprint density at radius 3 is 2.56 bits per heavy atom. The van der Waals surface area contributed by atoms with Gasteiger partial charge >= 0.3 is 0 Å². The molecule has 0 unspecified atom stereocenters. The lowest BCUT2D eigenvalue weighted by Crippen LogP contribution is -2.33. The summed E-state index contributed by atoms with van der Waals surface area (Å²) < 4.78 is 5.36. The number of hydrogen-bond acceptors (Lipinski definition) is 2. The van der Waals surface area contributed by atoms with Gasteiger partial charge in [-0.3, -0.25) is 4.79 Å². The first-order chi connectivity index (χ1) is 7.60. The summed E-state index contributed by atoms with van der Waals surface area (Å²) in [5.74, 6) is 1.92. The predicted octanol–water partition coefficient (Wildman–Crippen LogP) is 2.99. The van der Waals surface area contributed by atoms with Crippen molar-refractivity contribution in [3.63, 3.8) is 0 Å². The fourth-order valence-corrected chi connectivity index (χ4v) is 1.90. The highest BCUT2D eigenvalue weighted by Gasteiger charge is 2.19. The van der Waals surface area contributed by atoms with E-state index < -0.39 is 0 Å². The fraction of sp³-hybridized carbons (Fsp3) is 0.583. The maximum absolute atomic E-state index is 12.2. The maximum atomic E-state index is 12.2. The van der Waals surface area contributed by atoms with Crippen LogP contribution in [0.4, 0.5) is 0 Å². The third-order valence-electron chi connectivity index (χ3n) is 2.41. The van der Waals surface area contributed by atoms with Gasteiger partial charge < -0.3 is 9.32 Å². The molecule has 1 aromatic rings. The maximum Gasteiger partial charge on any atom is 0.257 e. The van der Waals surface area contributed by atoms with Crippen molar-refractivity contribution in [1.82, 2.24) is 4.90 Å². The molecular weight excluding hydrogens is 226 g/mol. The van der Waals surface area contributed by atoms with Gasteiger partial charge in [0.15, 0.2) is 0 Å². The van der Waals surface area contributed by atoms with Gasteiger partial charge in [0.1, 0.15) is 11.5 Å². The van der Waals surface area contributed by atoms with Crippen LogP contribution in [0.3, 0.4) is 0 Å². The zero-order valence-corrected chi connectivity index (χ0v) is 10.8. The quantitative estimate of drug-likeness (QED) is 0.745. The van der Waals surface area contributed by atoms with Gasteiger partial charge in [0.25, 0.3) is 5.91 Å². The number of carbonyl (C=O) groups is 1. The highest BCUT2D eigenvalue weighted by molar-refractivity contribution is 6.18. The zero-order chi connectivity index (χ0) is 12.1. The summed E-state index contributed by atoms with van der Waals surface area (Å²) in [6.07, 6.45) is 0.929. The molecule has 0 aromatic carbocycles. The molecule has 0 atom stereocenters. The van der Waals surface area contributed by atoms with Crippen molar-refractivity contribution in [1.29, 1.82) is 0 Å². The normalized spacial score (nSPS) is 10.5. The second-order valence-electron chi connectivity index (χ2n) is 3.81. The molecule has 0 spiro atoms. The smallest absolute Gasteiger partial charge is 0.257 e. The first-order valence-corrected chi connectivity index (χ1v) is 6.05. The van der Waals surface area contributed by atoms with Crippen LogP contribution in [0, 0.1) is 13.8 Å². The second kappa shape index (κ2) is 5.94. The van der Waals surface area contributed by atoms with E-state index in [-0.39, 0.29) is 5.91 Å². The number of hydrogen-bond donors (Lipinski definition) is 0. The average Bonchev–Trinajstić information content (AvgIpc) is 2.56. The molecule has 0 aliphatic heterocycles. The van der Waals surface area contributed by atoms with E-state index in [0.717, 1.165) is 18.7 Å². The molecule has 4 heteroatoms. The number of alkyl halides is 1. The van der Waals surface area contributed by atoms with Crippen LogP contribution in [0.5, 0.6) is 0 Å². The Morgan fingerprint density at radius 2 is 2.12 bits per heavy atom. The van der Waals surface area contributed by atoms with Crippen molar-refractivity contribution in [2.75, 3.05) is 19.0 Å². The molecule has 0 aliphatic carbocycles. The van der Waals surface area contributed by atoms with Gasteiger partial charge in [0.2, 0.25) is 0 Å². The zero-order valence-electron chi connectivity index (χ0n) is 10.0. The Labute approximate surface area is 101 Å². The number of amides is 1. The Kier molecular flexibility index (Phi) is 4.87. The Balaban J connectivity index is 2.85. The molecule has 1 aromatic heterocycles. The van der Waals surface area contributed by atoms with Crippen molar-refractivity contribution in [2.24, 2.45) is 0 Å². The number of carbonyl (C=O) groups excluding carboxylic acids is 1. The van der Waals surface area contributed by atoms with Crippen LogP contribution in [-0.4, -0.2) is 29.8 Å². The molecule has 16 heavy (non-hydrogen) atoms. The van der Waals surface area contributed by atoms with Gasteiger partial charge in [0.05, 0.1) is 5.56 Å². The van der Waals surface area contributed by atoms with Crippen LogP contribution >= 0.6 is 11.6 Å². The summed E-state index contributed by atoms with van der Waals surface area (Å²) in [6, 6.07) is 1.79. The molecule has 1 rings (SSSR count). The molecule has 90 valence electrons. The molecule has 0 radical (unpaired) electrons. The second-order valence-corrected chi connectivity index (χ2v) is 4.19. The van der Waals surface area contributed by atoms with Crippen LogP contribution in [0.25, 0.3) is 0 Å². The molecule has 0 saturated heterocycles. The highest BCUT2D eigenvalue weighted by Crippen LogP contribution is 2.16. The van der Waals surface area contributed by atoms with Gasteiger partial charge in [-0.25, -0.2) is 0 Å². The topological polar surface area (TPSA) is 33.5 Å². The lowest BCUT2D eigenvalue weighted by Gasteiger charge is -2.20. The van der Waals surface area contributed by atoms with Crippen LogP contribution in [0.2, 0.25) is 0 Å². The molecule has 0 fully saturated rings. The van der Waals surface area contributed by atoms with Gasteiger partial charge in [-0.2, -0.15) is 0 Å². The van der Waals surface area contributed by atoms with Crippen LogP contribution in [-0.2, 0) is 0 Å². The third-order valence-corrected chi connectivity index (χ3v) is 2.58. The number of halogens is 1. The van der Waals surface area contributed by atoms with Gasteiger partial charge in [0, 0.05) is 19.0 Å². The van der Waals surface area contributed by atoms with Crippen molar-refractivity contribution in [3.8, 4) is 0 Å². The van der Waals surface area contributed by atoms with Crippen molar-refractivity contribution >= 4 is 17.5 Å². The minimum absolute atomic E-state index is 0.0110. The summed E-state index contributed by atoms with van der Waals surface area (Å²) in [6.45, 7) is 7.01. The lowest BCUT2D eigenvalue weighted by molar-refractivity contribution is 0.0764. The van der Waals surface area contributed by atoms with E-state index in [1.807, 2.05) is 20.8 Å². The van der Waals surface area contributed by atoms with Crippen molar-refractivity contribution in [3.05, 3.63) is 23.2 Å². The summed E-state index contributed by atoms with van der Waals surface area (Å²) in [4.78, 5) is 13.9. The molecule has 0 aliphatic rings.